The lowest BCUT2D eigenvalue weighted by atomic mass is 10.1. The van der Waals surface area contributed by atoms with Gasteiger partial charge in [0.2, 0.25) is 5.91 Å². The van der Waals surface area contributed by atoms with Gasteiger partial charge in [-0.15, -0.1) is 0 Å². The van der Waals surface area contributed by atoms with Gasteiger partial charge in [-0.3, -0.25) is 9.59 Å². The van der Waals surface area contributed by atoms with E-state index in [-0.39, 0.29) is 24.4 Å². The van der Waals surface area contributed by atoms with Gasteiger partial charge in [0.15, 0.2) is 0 Å². The summed E-state index contributed by atoms with van der Waals surface area (Å²) < 4.78 is 1.31. The maximum absolute atomic E-state index is 12.0. The summed E-state index contributed by atoms with van der Waals surface area (Å²) in [7, 11) is 1.51. The van der Waals surface area contributed by atoms with Crippen molar-refractivity contribution in [2.45, 2.75) is 26.8 Å². The first-order valence-electron chi connectivity index (χ1n) is 5.53. The molecule has 0 radical (unpaired) electrons. The van der Waals surface area contributed by atoms with Crippen LogP contribution < -0.4 is 10.9 Å². The maximum Gasteiger partial charge on any atom is 0.341 e. The Balaban J connectivity index is 3.20. The normalized spacial score (nSPS) is 10.2. The molecule has 6 nitrogen and oxygen atoms in total. The number of hydrogen-bond acceptors (Lipinski definition) is 3. The summed E-state index contributed by atoms with van der Waals surface area (Å²) in [4.78, 5) is 34.2. The summed E-state index contributed by atoms with van der Waals surface area (Å²) in [5.41, 5.74) is 0.272. The highest BCUT2D eigenvalue weighted by atomic mass is 16.4. The van der Waals surface area contributed by atoms with Crippen molar-refractivity contribution in [3.8, 4) is 0 Å². The zero-order valence-corrected chi connectivity index (χ0v) is 10.6. The molecule has 1 heterocycles. The van der Waals surface area contributed by atoms with Crippen molar-refractivity contribution in [3.05, 3.63) is 33.2 Å². The number of carbonyl (C=O) groups excluding carboxylic acids is 1. The molecule has 0 fully saturated rings. The van der Waals surface area contributed by atoms with Gasteiger partial charge < -0.3 is 15.0 Å². The molecule has 1 aromatic rings. The molecule has 0 aliphatic carbocycles. The first-order valence-corrected chi connectivity index (χ1v) is 5.53. The summed E-state index contributed by atoms with van der Waals surface area (Å²) >= 11 is 0. The maximum atomic E-state index is 12.0. The number of aryl methyl sites for hydroxylation is 2. The second-order valence-corrected chi connectivity index (χ2v) is 4.03. The van der Waals surface area contributed by atoms with Crippen LogP contribution in [0.25, 0.3) is 0 Å². The zero-order valence-electron chi connectivity index (χ0n) is 10.6. The van der Waals surface area contributed by atoms with Crippen molar-refractivity contribution < 1.29 is 14.7 Å². The predicted octanol–water partition coefficient (Wildman–Crippen LogP) is 0.299. The predicted molar refractivity (Wildman–Crippen MR) is 65.8 cm³/mol. The average Bonchev–Trinajstić information content (AvgIpc) is 2.27. The third kappa shape index (κ3) is 2.77. The monoisotopic (exact) mass is 252 g/mol. The van der Waals surface area contributed by atoms with Crippen molar-refractivity contribution in [3.63, 3.8) is 0 Å². The molecule has 0 aromatic carbocycles. The molecule has 0 unspecified atom stereocenters. The molecule has 18 heavy (non-hydrogen) atoms. The largest absolute Gasteiger partial charge is 0.477 e. The summed E-state index contributed by atoms with van der Waals surface area (Å²) in [6, 6.07) is 1.63. The van der Waals surface area contributed by atoms with Crippen LogP contribution in [0, 0.1) is 13.8 Å². The van der Waals surface area contributed by atoms with E-state index in [0.29, 0.717) is 11.3 Å². The van der Waals surface area contributed by atoms with Gasteiger partial charge in [0.1, 0.15) is 5.56 Å². The summed E-state index contributed by atoms with van der Waals surface area (Å²) in [6.07, 6.45) is 0.138. The molecule has 6 heteroatoms. The third-order valence-electron chi connectivity index (χ3n) is 2.76. The van der Waals surface area contributed by atoms with Crippen molar-refractivity contribution >= 4 is 11.9 Å². The van der Waals surface area contributed by atoms with E-state index in [4.69, 9.17) is 5.11 Å². The number of nitrogens with one attached hydrogen (secondary N) is 1. The summed E-state index contributed by atoms with van der Waals surface area (Å²) in [5, 5.41) is 11.4. The van der Waals surface area contributed by atoms with Crippen LogP contribution >= 0.6 is 0 Å². The molecule has 0 saturated heterocycles. The zero-order chi connectivity index (χ0) is 13.9. The molecule has 1 rings (SSSR count). The van der Waals surface area contributed by atoms with Gasteiger partial charge in [0.25, 0.3) is 5.56 Å². The number of aromatic carboxylic acids is 1. The average molecular weight is 252 g/mol. The van der Waals surface area contributed by atoms with Crippen molar-refractivity contribution in [1.82, 2.24) is 9.88 Å². The van der Waals surface area contributed by atoms with Crippen LogP contribution in [-0.4, -0.2) is 28.6 Å². The molecule has 0 saturated carbocycles. The number of nitrogens with zero attached hydrogens (tertiary/aromatic N) is 1. The lowest BCUT2D eigenvalue weighted by Gasteiger charge is -2.12. The van der Waals surface area contributed by atoms with Crippen molar-refractivity contribution in [2.75, 3.05) is 7.05 Å². The summed E-state index contributed by atoms with van der Waals surface area (Å²) in [6.45, 7) is 3.47. The molecule has 1 amide bonds. The fraction of sp³-hybridized carbons (Fsp3) is 0.417. The van der Waals surface area contributed by atoms with E-state index in [9.17, 15) is 14.4 Å². The van der Waals surface area contributed by atoms with Crippen LogP contribution in [-0.2, 0) is 11.3 Å². The lowest BCUT2D eigenvalue weighted by Crippen LogP contribution is -2.31. The highest BCUT2D eigenvalue weighted by Gasteiger charge is 2.16. The Morgan fingerprint density at radius 1 is 1.39 bits per heavy atom. The Morgan fingerprint density at radius 3 is 2.50 bits per heavy atom. The van der Waals surface area contributed by atoms with E-state index in [2.05, 4.69) is 5.32 Å². The molecule has 0 aliphatic rings. The molecule has 1 aromatic heterocycles. The number of pyridine rings is 1. The van der Waals surface area contributed by atoms with Crippen LogP contribution in [0.1, 0.15) is 28.0 Å². The Labute approximate surface area is 104 Å². The Hall–Kier alpha value is -2.11. The molecule has 0 bridgehead atoms. The second-order valence-electron chi connectivity index (χ2n) is 4.03. The van der Waals surface area contributed by atoms with Crippen molar-refractivity contribution in [2.24, 2.45) is 0 Å². The number of carbonyl (C=O) groups is 2. The Bertz CT molecular complexity index is 546. The van der Waals surface area contributed by atoms with Gasteiger partial charge in [-0.1, -0.05) is 0 Å². The fourth-order valence-electron chi connectivity index (χ4n) is 1.80. The van der Waals surface area contributed by atoms with Gasteiger partial charge in [0.05, 0.1) is 0 Å². The van der Waals surface area contributed by atoms with Gasteiger partial charge in [0, 0.05) is 25.7 Å². The molecular weight excluding hydrogens is 236 g/mol. The van der Waals surface area contributed by atoms with Gasteiger partial charge >= 0.3 is 5.97 Å². The Kier molecular flexibility index (Phi) is 4.25. The minimum Gasteiger partial charge on any atom is -0.477 e. The van der Waals surface area contributed by atoms with E-state index in [1.165, 1.54) is 11.6 Å². The summed E-state index contributed by atoms with van der Waals surface area (Å²) in [5.74, 6) is -1.44. The second kappa shape index (κ2) is 5.48. The highest BCUT2D eigenvalue weighted by Crippen LogP contribution is 2.07. The van der Waals surface area contributed by atoms with E-state index >= 15 is 0 Å². The SMILES string of the molecule is CNC(=O)CCn1c(C)cc(C)c(C(=O)O)c1=O. The Morgan fingerprint density at radius 2 is 2.00 bits per heavy atom. The van der Waals surface area contributed by atoms with Crippen LogP contribution in [0.4, 0.5) is 0 Å². The molecular formula is C12H16N2O4. The first-order chi connectivity index (χ1) is 8.38. The molecule has 2 N–H and O–H groups in total. The van der Waals surface area contributed by atoms with Crippen LogP contribution in [0.15, 0.2) is 10.9 Å². The van der Waals surface area contributed by atoms with E-state index < -0.39 is 11.5 Å². The van der Waals surface area contributed by atoms with Crippen LogP contribution in [0.3, 0.4) is 0 Å². The quantitative estimate of drug-likeness (QED) is 0.806. The third-order valence-corrected chi connectivity index (χ3v) is 2.76. The first kappa shape index (κ1) is 14.0. The van der Waals surface area contributed by atoms with Crippen molar-refractivity contribution in [1.29, 1.82) is 0 Å². The van der Waals surface area contributed by atoms with E-state index in [0.717, 1.165) is 0 Å². The highest BCUT2D eigenvalue weighted by molar-refractivity contribution is 5.88. The number of hydrogen-bond donors (Lipinski definition) is 2. The molecule has 98 valence electrons. The number of aromatic nitrogens is 1. The lowest BCUT2D eigenvalue weighted by molar-refractivity contribution is -0.120. The van der Waals surface area contributed by atoms with Gasteiger partial charge in [-0.2, -0.15) is 0 Å². The van der Waals surface area contributed by atoms with Gasteiger partial charge in [-0.25, -0.2) is 4.79 Å². The fourth-order valence-corrected chi connectivity index (χ4v) is 1.80. The number of amides is 1. The van der Waals surface area contributed by atoms with Crippen LogP contribution in [0.2, 0.25) is 0 Å². The van der Waals surface area contributed by atoms with E-state index in [1.54, 1.807) is 19.9 Å². The molecule has 0 atom stereocenters. The van der Waals surface area contributed by atoms with Gasteiger partial charge in [-0.05, 0) is 25.5 Å². The standard InChI is InChI=1S/C12H16N2O4/c1-7-6-8(2)14(5-4-9(15)13-3)11(16)10(7)12(17)18/h6H,4-5H2,1-3H3,(H,13,15)(H,17,18). The number of carboxylic acid groups (broad SMARTS) is 1. The number of carboxylic acids is 1. The minimum absolute atomic E-state index is 0.138. The van der Waals surface area contributed by atoms with E-state index in [1.807, 2.05) is 0 Å². The minimum atomic E-state index is -1.24. The molecule has 0 aliphatic heterocycles. The smallest absolute Gasteiger partial charge is 0.341 e. The topological polar surface area (TPSA) is 88.4 Å². The molecule has 0 spiro atoms. The van der Waals surface area contributed by atoms with Crippen LogP contribution in [0.5, 0.6) is 0 Å². The number of rotatable bonds is 4.